The molecule has 9 nitrogen and oxygen atoms in total. The van der Waals surface area contributed by atoms with Crippen molar-refractivity contribution < 1.29 is 9.59 Å². The second kappa shape index (κ2) is 11.1. The molecule has 208 valence electrons. The van der Waals surface area contributed by atoms with Gasteiger partial charge in [0.05, 0.1) is 11.1 Å². The smallest absolute Gasteiger partial charge is 0.253 e. The molecule has 0 radical (unpaired) electrons. The maximum absolute atomic E-state index is 13.4. The van der Waals surface area contributed by atoms with E-state index in [1.165, 1.54) is 0 Å². The van der Waals surface area contributed by atoms with Gasteiger partial charge in [-0.25, -0.2) is 4.98 Å². The topological polar surface area (TPSA) is 146 Å². The quantitative estimate of drug-likeness (QED) is 0.186. The largest absolute Gasteiger partial charge is 0.385 e. The van der Waals surface area contributed by atoms with Crippen LogP contribution in [-0.2, 0) is 6.54 Å². The number of rotatable bonds is 8. The predicted octanol–water partition coefficient (Wildman–Crippen LogP) is 4.97. The molecule has 3 aromatic carbocycles. The highest BCUT2D eigenvalue weighted by atomic mass is 16.2. The van der Waals surface area contributed by atoms with Crippen molar-refractivity contribution in [1.82, 2.24) is 20.3 Å². The van der Waals surface area contributed by atoms with Gasteiger partial charge in [-0.2, -0.15) is 0 Å². The first kappa shape index (κ1) is 27.4. The molecule has 5 rings (SSSR count). The predicted molar refractivity (Wildman–Crippen MR) is 162 cm³/mol. The maximum Gasteiger partial charge on any atom is 0.253 e. The number of para-hydroxylation sites is 1. The molecule has 41 heavy (non-hydrogen) atoms. The van der Waals surface area contributed by atoms with Crippen LogP contribution in [0.2, 0.25) is 0 Å². The Kier molecular flexibility index (Phi) is 7.43. The van der Waals surface area contributed by atoms with Gasteiger partial charge in [0.15, 0.2) is 0 Å². The van der Waals surface area contributed by atoms with Gasteiger partial charge in [-0.1, -0.05) is 30.3 Å². The summed E-state index contributed by atoms with van der Waals surface area (Å²) < 4.78 is 0. The summed E-state index contributed by atoms with van der Waals surface area (Å²) in [4.78, 5) is 48.3. The fourth-order valence-corrected chi connectivity index (χ4v) is 5.04. The summed E-state index contributed by atoms with van der Waals surface area (Å²) in [6, 6.07) is 18.9. The Balaban J connectivity index is 1.45. The van der Waals surface area contributed by atoms with Gasteiger partial charge in [0.25, 0.3) is 17.4 Å². The van der Waals surface area contributed by atoms with Crippen LogP contribution in [0.3, 0.4) is 0 Å². The van der Waals surface area contributed by atoms with Crippen LogP contribution in [0.1, 0.15) is 50.0 Å². The molecular weight excluding hydrogens is 516 g/mol. The van der Waals surface area contributed by atoms with Crippen molar-refractivity contribution in [2.24, 2.45) is 5.73 Å². The molecule has 5 aromatic rings. The van der Waals surface area contributed by atoms with Gasteiger partial charge in [0.2, 0.25) is 0 Å². The standard InChI is InChI=1S/C32H32N6O3/c1-5-34-27-15-22(14-24(19(27)4)31(40)35-16-25-17(2)13-18(3)36-32(25)41)20-9-11-21(12-10-20)30-37-26-8-6-7-23(29(33)39)28(26)38-30/h6-15,34H,5,16H2,1-4H3,(H2,33,39)(H,35,40)(H,36,41)(H,37,38). The number of nitrogens with zero attached hydrogens (tertiary/aromatic N) is 1. The fourth-order valence-electron chi connectivity index (χ4n) is 5.04. The van der Waals surface area contributed by atoms with Crippen molar-refractivity contribution in [1.29, 1.82) is 0 Å². The van der Waals surface area contributed by atoms with Gasteiger partial charge >= 0.3 is 0 Å². The molecule has 9 heteroatoms. The van der Waals surface area contributed by atoms with Crippen molar-refractivity contribution in [2.75, 3.05) is 11.9 Å². The third kappa shape index (κ3) is 5.47. The van der Waals surface area contributed by atoms with E-state index in [1.54, 1.807) is 12.1 Å². The first-order valence-electron chi connectivity index (χ1n) is 13.4. The zero-order chi connectivity index (χ0) is 29.3. The molecule has 0 aliphatic rings. The van der Waals surface area contributed by atoms with Crippen LogP contribution in [0.15, 0.2) is 65.5 Å². The summed E-state index contributed by atoms with van der Waals surface area (Å²) in [6.45, 7) is 8.43. The monoisotopic (exact) mass is 548 g/mol. The van der Waals surface area contributed by atoms with Crippen molar-refractivity contribution in [2.45, 2.75) is 34.2 Å². The first-order chi connectivity index (χ1) is 19.7. The number of benzene rings is 3. The van der Waals surface area contributed by atoms with Crippen LogP contribution < -0.4 is 21.9 Å². The summed E-state index contributed by atoms with van der Waals surface area (Å²) >= 11 is 0. The van der Waals surface area contributed by atoms with Crippen LogP contribution in [0.5, 0.6) is 0 Å². The van der Waals surface area contributed by atoms with Crippen LogP contribution >= 0.6 is 0 Å². The number of pyridine rings is 1. The van der Waals surface area contributed by atoms with Gasteiger partial charge in [-0.3, -0.25) is 14.4 Å². The van der Waals surface area contributed by atoms with Crippen molar-refractivity contribution in [3.05, 3.63) is 105 Å². The highest BCUT2D eigenvalue weighted by molar-refractivity contribution is 6.04. The van der Waals surface area contributed by atoms with Crippen LogP contribution in [-0.4, -0.2) is 33.3 Å². The lowest BCUT2D eigenvalue weighted by atomic mass is 9.96. The molecule has 0 bridgehead atoms. The molecule has 6 N–H and O–H groups in total. The average molecular weight is 549 g/mol. The summed E-state index contributed by atoms with van der Waals surface area (Å²) in [5, 5.41) is 6.29. The summed E-state index contributed by atoms with van der Waals surface area (Å²) in [7, 11) is 0. The second-order valence-corrected chi connectivity index (χ2v) is 10.1. The maximum atomic E-state index is 13.4. The Bertz CT molecular complexity index is 1850. The Morgan fingerprint density at radius 3 is 2.32 bits per heavy atom. The van der Waals surface area contributed by atoms with E-state index < -0.39 is 5.91 Å². The normalized spacial score (nSPS) is 11.0. The number of aromatic nitrogens is 3. The molecule has 0 atom stereocenters. The van der Waals surface area contributed by atoms with Crippen LogP contribution in [0.4, 0.5) is 5.69 Å². The molecule has 2 heterocycles. The van der Waals surface area contributed by atoms with E-state index in [0.29, 0.717) is 34.6 Å². The van der Waals surface area contributed by atoms with E-state index in [2.05, 4.69) is 25.6 Å². The number of amides is 2. The van der Waals surface area contributed by atoms with E-state index in [0.717, 1.165) is 44.7 Å². The van der Waals surface area contributed by atoms with Crippen LogP contribution in [0, 0.1) is 20.8 Å². The molecule has 0 saturated heterocycles. The lowest BCUT2D eigenvalue weighted by molar-refractivity contribution is 0.0949. The number of anilines is 1. The van der Waals surface area contributed by atoms with E-state index in [9.17, 15) is 14.4 Å². The zero-order valence-corrected chi connectivity index (χ0v) is 23.4. The van der Waals surface area contributed by atoms with Gasteiger partial charge in [-0.15, -0.1) is 0 Å². The Hall–Kier alpha value is -5.18. The number of imidazole rings is 1. The summed E-state index contributed by atoms with van der Waals surface area (Å²) in [6.07, 6.45) is 0. The number of hydrogen-bond acceptors (Lipinski definition) is 5. The van der Waals surface area contributed by atoms with E-state index in [-0.39, 0.29) is 18.0 Å². The minimum atomic E-state index is -0.527. The third-order valence-corrected chi connectivity index (χ3v) is 7.21. The number of H-pyrrole nitrogens is 2. The molecule has 2 aromatic heterocycles. The Morgan fingerprint density at radius 1 is 0.902 bits per heavy atom. The summed E-state index contributed by atoms with van der Waals surface area (Å²) in [5.74, 6) is -0.161. The van der Waals surface area contributed by atoms with Crippen LogP contribution in [0.25, 0.3) is 33.5 Å². The lowest BCUT2D eigenvalue weighted by Crippen LogP contribution is -2.28. The summed E-state index contributed by atoms with van der Waals surface area (Å²) in [5.41, 5.74) is 13.9. The van der Waals surface area contributed by atoms with Gasteiger partial charge < -0.3 is 26.3 Å². The van der Waals surface area contributed by atoms with E-state index >= 15 is 0 Å². The molecule has 2 amide bonds. The number of fused-ring (bicyclic) bond motifs is 1. The molecular formula is C32H32N6O3. The van der Waals surface area contributed by atoms with Crippen molar-refractivity contribution >= 4 is 28.5 Å². The number of aryl methyl sites for hydroxylation is 2. The first-order valence-corrected chi connectivity index (χ1v) is 13.4. The number of nitrogens with one attached hydrogen (secondary N) is 4. The fraction of sp³-hybridized carbons (Fsp3) is 0.188. The minimum Gasteiger partial charge on any atom is -0.385 e. The number of aromatic amines is 2. The zero-order valence-electron chi connectivity index (χ0n) is 23.4. The van der Waals surface area contributed by atoms with Gasteiger partial charge in [0, 0.05) is 41.2 Å². The van der Waals surface area contributed by atoms with Crippen molar-refractivity contribution in [3.63, 3.8) is 0 Å². The van der Waals surface area contributed by atoms with E-state index in [1.807, 2.05) is 76.2 Å². The molecule has 0 aliphatic carbocycles. The van der Waals surface area contributed by atoms with E-state index in [4.69, 9.17) is 5.73 Å². The molecule has 0 unspecified atom stereocenters. The number of nitrogens with two attached hydrogens (primary N) is 1. The highest BCUT2D eigenvalue weighted by Crippen LogP contribution is 2.31. The number of hydrogen-bond donors (Lipinski definition) is 5. The Morgan fingerprint density at radius 2 is 1.63 bits per heavy atom. The molecule has 0 spiro atoms. The minimum absolute atomic E-state index is 0.129. The third-order valence-electron chi connectivity index (χ3n) is 7.21. The van der Waals surface area contributed by atoms with Crippen molar-refractivity contribution in [3.8, 4) is 22.5 Å². The average Bonchev–Trinajstić information content (AvgIpc) is 3.38. The molecule has 0 fully saturated rings. The molecule has 0 aliphatic heterocycles. The SMILES string of the molecule is CCNc1cc(-c2ccc(-c3nc4c(C(N)=O)cccc4[nH]3)cc2)cc(C(=O)NCc2c(C)cc(C)[nH]c2=O)c1C. The van der Waals surface area contributed by atoms with Gasteiger partial charge in [0.1, 0.15) is 11.3 Å². The van der Waals surface area contributed by atoms with Gasteiger partial charge in [-0.05, 0) is 80.3 Å². The number of carbonyl (C=O) groups excluding carboxylic acids is 2. The number of carbonyl (C=O) groups is 2. The second-order valence-electron chi connectivity index (χ2n) is 10.1. The lowest BCUT2D eigenvalue weighted by Gasteiger charge is -2.16. The molecule has 0 saturated carbocycles. The Labute approximate surface area is 237 Å². The highest BCUT2D eigenvalue weighted by Gasteiger charge is 2.17. The number of primary amides is 1.